The van der Waals surface area contributed by atoms with Crippen molar-refractivity contribution in [2.45, 2.75) is 6.54 Å². The van der Waals surface area contributed by atoms with Crippen LogP contribution in [0.4, 0.5) is 9.93 Å². The van der Waals surface area contributed by atoms with Gasteiger partial charge in [-0.2, -0.15) is 0 Å². The Labute approximate surface area is 158 Å². The zero-order valence-corrected chi connectivity index (χ0v) is 14.9. The molecule has 2 amide bonds. The molecule has 0 atom stereocenters. The molecule has 0 radical (unpaired) electrons. The van der Waals surface area contributed by atoms with Gasteiger partial charge in [0.25, 0.3) is 0 Å². The molecule has 134 valence electrons. The number of urea groups is 1. The second-order valence-electron chi connectivity index (χ2n) is 5.58. The number of amides is 2. The van der Waals surface area contributed by atoms with Gasteiger partial charge in [0.05, 0.1) is 30.3 Å². The van der Waals surface area contributed by atoms with Gasteiger partial charge in [0, 0.05) is 17.1 Å². The number of nitrogens with zero attached hydrogens (tertiary/aromatic N) is 5. The van der Waals surface area contributed by atoms with E-state index in [1.54, 1.807) is 23.3 Å². The molecule has 1 aromatic carbocycles. The van der Waals surface area contributed by atoms with Crippen LogP contribution in [0.1, 0.15) is 5.69 Å². The summed E-state index contributed by atoms with van der Waals surface area (Å²) in [5.74, 6) is 0. The number of thiazole rings is 1. The summed E-state index contributed by atoms with van der Waals surface area (Å²) < 4.78 is 1.61. The lowest BCUT2D eigenvalue weighted by atomic mass is 10.2. The number of anilines is 1. The standard InChI is InChI=1S/C18H15N7OS/c26-17(22-18-21-16(12-27-18)13-5-2-1-3-6-13)20-9-14-11-25(24-23-14)15-7-4-8-19-10-15/h1-8,10-12H,9H2,(H2,20,21,22,26). The van der Waals surface area contributed by atoms with Crippen molar-refractivity contribution in [3.8, 4) is 16.9 Å². The maximum atomic E-state index is 12.1. The number of carbonyl (C=O) groups is 1. The molecule has 0 aliphatic carbocycles. The van der Waals surface area contributed by atoms with Crippen molar-refractivity contribution < 1.29 is 4.79 Å². The molecule has 0 aliphatic heterocycles. The fourth-order valence-electron chi connectivity index (χ4n) is 2.38. The van der Waals surface area contributed by atoms with Crippen LogP contribution in [0.3, 0.4) is 0 Å². The number of aromatic nitrogens is 5. The van der Waals surface area contributed by atoms with Crippen LogP contribution in [0.5, 0.6) is 0 Å². The van der Waals surface area contributed by atoms with E-state index in [1.807, 2.05) is 47.8 Å². The molecular formula is C18H15N7OS. The van der Waals surface area contributed by atoms with Gasteiger partial charge in [0.2, 0.25) is 0 Å². The van der Waals surface area contributed by atoms with Crippen molar-refractivity contribution in [2.75, 3.05) is 5.32 Å². The molecule has 0 spiro atoms. The van der Waals surface area contributed by atoms with Gasteiger partial charge in [-0.15, -0.1) is 16.4 Å². The van der Waals surface area contributed by atoms with Gasteiger partial charge < -0.3 is 5.32 Å². The third-order valence-electron chi connectivity index (χ3n) is 3.68. The van der Waals surface area contributed by atoms with Crippen LogP contribution < -0.4 is 10.6 Å². The van der Waals surface area contributed by atoms with Crippen molar-refractivity contribution in [3.63, 3.8) is 0 Å². The number of pyridine rings is 1. The van der Waals surface area contributed by atoms with Gasteiger partial charge in [-0.25, -0.2) is 14.5 Å². The van der Waals surface area contributed by atoms with E-state index in [2.05, 4.69) is 30.9 Å². The minimum atomic E-state index is -0.347. The van der Waals surface area contributed by atoms with E-state index >= 15 is 0 Å². The van der Waals surface area contributed by atoms with Crippen molar-refractivity contribution in [2.24, 2.45) is 0 Å². The third kappa shape index (κ3) is 4.15. The highest BCUT2D eigenvalue weighted by Gasteiger charge is 2.09. The van der Waals surface area contributed by atoms with Gasteiger partial charge >= 0.3 is 6.03 Å². The summed E-state index contributed by atoms with van der Waals surface area (Å²) in [5.41, 5.74) is 3.28. The lowest BCUT2D eigenvalue weighted by Crippen LogP contribution is -2.28. The summed E-state index contributed by atoms with van der Waals surface area (Å²) in [4.78, 5) is 20.6. The molecule has 3 heterocycles. The summed E-state index contributed by atoms with van der Waals surface area (Å²) in [5, 5.41) is 16.0. The van der Waals surface area contributed by atoms with E-state index in [1.165, 1.54) is 11.3 Å². The fourth-order valence-corrected chi connectivity index (χ4v) is 3.09. The molecule has 0 aliphatic rings. The monoisotopic (exact) mass is 377 g/mol. The minimum Gasteiger partial charge on any atom is -0.332 e. The average Bonchev–Trinajstić information content (AvgIpc) is 3.37. The molecule has 0 saturated carbocycles. The first-order chi connectivity index (χ1) is 13.3. The zero-order valence-electron chi connectivity index (χ0n) is 14.1. The Morgan fingerprint density at radius 2 is 2.04 bits per heavy atom. The van der Waals surface area contributed by atoms with E-state index < -0.39 is 0 Å². The maximum absolute atomic E-state index is 12.1. The molecule has 0 saturated heterocycles. The number of hydrogen-bond acceptors (Lipinski definition) is 6. The van der Waals surface area contributed by atoms with Crippen LogP contribution in [0.2, 0.25) is 0 Å². The molecule has 27 heavy (non-hydrogen) atoms. The van der Waals surface area contributed by atoms with Crippen molar-refractivity contribution in [3.05, 3.63) is 72.1 Å². The summed E-state index contributed by atoms with van der Waals surface area (Å²) in [7, 11) is 0. The molecule has 3 aromatic heterocycles. The summed E-state index contributed by atoms with van der Waals surface area (Å²) >= 11 is 1.37. The lowest BCUT2D eigenvalue weighted by molar-refractivity contribution is 0.251. The molecule has 9 heteroatoms. The van der Waals surface area contributed by atoms with E-state index in [0.29, 0.717) is 10.8 Å². The van der Waals surface area contributed by atoms with Crippen LogP contribution in [-0.2, 0) is 6.54 Å². The van der Waals surface area contributed by atoms with Crippen LogP contribution in [0, 0.1) is 0 Å². The van der Waals surface area contributed by atoms with Gasteiger partial charge in [0.1, 0.15) is 5.69 Å². The van der Waals surface area contributed by atoms with Gasteiger partial charge in [-0.05, 0) is 12.1 Å². The van der Waals surface area contributed by atoms with Gasteiger partial charge in [0.15, 0.2) is 5.13 Å². The molecule has 4 rings (SSSR count). The predicted octanol–water partition coefficient (Wildman–Crippen LogP) is 3.11. The van der Waals surface area contributed by atoms with Gasteiger partial charge in [-0.3, -0.25) is 10.3 Å². The molecular weight excluding hydrogens is 362 g/mol. The fraction of sp³-hybridized carbons (Fsp3) is 0.0556. The molecule has 4 aromatic rings. The van der Waals surface area contributed by atoms with Crippen molar-refractivity contribution >= 4 is 22.5 Å². The Morgan fingerprint density at radius 3 is 2.85 bits per heavy atom. The molecule has 0 bridgehead atoms. The molecule has 2 N–H and O–H groups in total. The number of carbonyl (C=O) groups excluding carboxylic acids is 1. The topological polar surface area (TPSA) is 97.6 Å². The summed E-state index contributed by atoms with van der Waals surface area (Å²) in [6.45, 7) is 0.253. The maximum Gasteiger partial charge on any atom is 0.321 e. The van der Waals surface area contributed by atoms with E-state index in [-0.39, 0.29) is 12.6 Å². The molecule has 0 unspecified atom stereocenters. The van der Waals surface area contributed by atoms with E-state index in [9.17, 15) is 4.79 Å². The Bertz CT molecular complexity index is 1030. The number of hydrogen-bond donors (Lipinski definition) is 2. The second-order valence-corrected chi connectivity index (χ2v) is 6.44. The Kier molecular flexibility index (Phi) is 4.84. The first-order valence-corrected chi connectivity index (χ1v) is 9.03. The normalized spacial score (nSPS) is 10.5. The second kappa shape index (κ2) is 7.75. The van der Waals surface area contributed by atoms with Crippen molar-refractivity contribution in [1.29, 1.82) is 0 Å². The first-order valence-electron chi connectivity index (χ1n) is 8.15. The summed E-state index contributed by atoms with van der Waals surface area (Å²) in [6, 6.07) is 13.2. The Balaban J connectivity index is 1.33. The highest BCUT2D eigenvalue weighted by molar-refractivity contribution is 7.14. The van der Waals surface area contributed by atoms with Crippen LogP contribution in [-0.4, -0.2) is 31.0 Å². The summed E-state index contributed by atoms with van der Waals surface area (Å²) in [6.07, 6.45) is 5.12. The largest absolute Gasteiger partial charge is 0.332 e. The highest BCUT2D eigenvalue weighted by Crippen LogP contribution is 2.24. The third-order valence-corrected chi connectivity index (χ3v) is 4.43. The van der Waals surface area contributed by atoms with Gasteiger partial charge in [-0.1, -0.05) is 35.5 Å². The number of rotatable bonds is 5. The lowest BCUT2D eigenvalue weighted by Gasteiger charge is -2.03. The Hall–Kier alpha value is -3.59. The quantitative estimate of drug-likeness (QED) is 0.557. The first kappa shape index (κ1) is 16.9. The van der Waals surface area contributed by atoms with Crippen molar-refractivity contribution in [1.82, 2.24) is 30.3 Å². The SMILES string of the molecule is O=C(NCc1cn(-c2cccnc2)nn1)Nc1nc(-c2ccccc2)cs1. The van der Waals surface area contributed by atoms with Crippen LogP contribution >= 0.6 is 11.3 Å². The molecule has 0 fully saturated rings. The predicted molar refractivity (Wildman–Crippen MR) is 103 cm³/mol. The highest BCUT2D eigenvalue weighted by atomic mass is 32.1. The molecule has 8 nitrogen and oxygen atoms in total. The minimum absolute atomic E-state index is 0.253. The smallest absolute Gasteiger partial charge is 0.321 e. The van der Waals surface area contributed by atoms with E-state index in [4.69, 9.17) is 0 Å². The number of benzene rings is 1. The zero-order chi connectivity index (χ0) is 18.5. The van der Waals surface area contributed by atoms with Crippen LogP contribution in [0.15, 0.2) is 66.4 Å². The average molecular weight is 377 g/mol. The van der Waals surface area contributed by atoms with E-state index in [0.717, 1.165) is 16.9 Å². The number of nitrogens with one attached hydrogen (secondary N) is 2. The Morgan fingerprint density at radius 1 is 1.15 bits per heavy atom. The van der Waals surface area contributed by atoms with Crippen LogP contribution in [0.25, 0.3) is 16.9 Å².